The van der Waals surface area contributed by atoms with E-state index in [4.69, 9.17) is 4.74 Å². The van der Waals surface area contributed by atoms with Crippen molar-refractivity contribution in [3.8, 4) is 0 Å². The van der Waals surface area contributed by atoms with Crippen molar-refractivity contribution in [1.82, 2.24) is 10.2 Å². The van der Waals surface area contributed by atoms with Gasteiger partial charge in [0, 0.05) is 19.1 Å². The average molecular weight is 254 g/mol. The van der Waals surface area contributed by atoms with E-state index in [0.717, 1.165) is 19.6 Å². The molecular weight excluding hydrogens is 224 g/mol. The lowest BCUT2D eigenvalue weighted by Gasteiger charge is -2.35. The van der Waals surface area contributed by atoms with Crippen molar-refractivity contribution in [3.05, 3.63) is 0 Å². The van der Waals surface area contributed by atoms with Crippen molar-refractivity contribution in [2.45, 2.75) is 65.2 Å². The van der Waals surface area contributed by atoms with Crippen molar-refractivity contribution >= 4 is 0 Å². The van der Waals surface area contributed by atoms with E-state index in [1.54, 1.807) is 0 Å². The van der Waals surface area contributed by atoms with E-state index < -0.39 is 0 Å². The molecule has 2 atom stereocenters. The van der Waals surface area contributed by atoms with Crippen LogP contribution in [-0.2, 0) is 4.74 Å². The van der Waals surface area contributed by atoms with Gasteiger partial charge in [-0.05, 0) is 44.7 Å². The van der Waals surface area contributed by atoms with Crippen LogP contribution in [0.25, 0.3) is 0 Å². The molecule has 2 aliphatic heterocycles. The third kappa shape index (κ3) is 3.69. The second kappa shape index (κ2) is 5.89. The van der Waals surface area contributed by atoms with Crippen LogP contribution in [0.1, 0.15) is 47.0 Å². The first kappa shape index (κ1) is 14.3. The van der Waals surface area contributed by atoms with E-state index in [0.29, 0.717) is 23.7 Å². The predicted octanol–water partition coefficient (Wildman–Crippen LogP) is 2.26. The highest BCUT2D eigenvalue weighted by atomic mass is 16.5. The maximum atomic E-state index is 6.26. The smallest absolute Gasteiger partial charge is 0.0718 e. The van der Waals surface area contributed by atoms with E-state index in [1.165, 1.54) is 25.8 Å². The molecule has 2 unspecified atom stereocenters. The Kier molecular flexibility index (Phi) is 4.68. The first-order chi connectivity index (χ1) is 8.47. The second-order valence-corrected chi connectivity index (χ2v) is 7.03. The molecule has 0 radical (unpaired) electrons. The van der Waals surface area contributed by atoms with Gasteiger partial charge in [0.25, 0.3) is 0 Å². The summed E-state index contributed by atoms with van der Waals surface area (Å²) in [5.74, 6) is 0. The number of hydrogen-bond acceptors (Lipinski definition) is 3. The zero-order chi connectivity index (χ0) is 13.2. The topological polar surface area (TPSA) is 24.5 Å². The number of hydrogen-bond donors (Lipinski definition) is 1. The molecule has 0 aromatic heterocycles. The van der Waals surface area contributed by atoms with Crippen molar-refractivity contribution in [3.63, 3.8) is 0 Å². The van der Waals surface area contributed by atoms with Crippen LogP contribution in [0.4, 0.5) is 0 Å². The van der Waals surface area contributed by atoms with Gasteiger partial charge in [0.05, 0.1) is 12.2 Å². The van der Waals surface area contributed by atoms with Gasteiger partial charge in [-0.25, -0.2) is 0 Å². The zero-order valence-corrected chi connectivity index (χ0v) is 12.5. The molecule has 1 N–H and O–H groups in total. The fraction of sp³-hybridized carbons (Fsp3) is 1.00. The van der Waals surface area contributed by atoms with Gasteiger partial charge in [0.2, 0.25) is 0 Å². The van der Waals surface area contributed by atoms with Crippen LogP contribution in [0.5, 0.6) is 0 Å². The minimum absolute atomic E-state index is 0.365. The first-order valence-electron chi connectivity index (χ1n) is 7.57. The molecule has 0 bridgehead atoms. The lowest BCUT2D eigenvalue weighted by Crippen LogP contribution is -2.41. The number of nitrogens with one attached hydrogen (secondary N) is 1. The van der Waals surface area contributed by atoms with Gasteiger partial charge in [0.15, 0.2) is 0 Å². The van der Waals surface area contributed by atoms with Crippen molar-refractivity contribution in [2.24, 2.45) is 5.41 Å². The van der Waals surface area contributed by atoms with Crippen LogP contribution < -0.4 is 5.32 Å². The molecule has 0 aromatic carbocycles. The molecule has 3 heteroatoms. The quantitative estimate of drug-likeness (QED) is 0.836. The molecule has 2 heterocycles. The molecule has 3 nitrogen and oxygen atoms in total. The Balaban J connectivity index is 1.77. The van der Waals surface area contributed by atoms with Crippen LogP contribution in [0.15, 0.2) is 0 Å². The molecule has 2 rings (SSSR count). The van der Waals surface area contributed by atoms with E-state index >= 15 is 0 Å². The largest absolute Gasteiger partial charge is 0.374 e. The van der Waals surface area contributed by atoms with E-state index in [2.05, 4.69) is 37.9 Å². The highest BCUT2D eigenvalue weighted by Gasteiger charge is 2.33. The van der Waals surface area contributed by atoms with Crippen LogP contribution in [0.2, 0.25) is 0 Å². The maximum Gasteiger partial charge on any atom is 0.0718 e. The molecule has 0 aliphatic carbocycles. The highest BCUT2D eigenvalue weighted by molar-refractivity contribution is 4.86. The number of ether oxygens (including phenoxy) is 1. The molecule has 2 saturated heterocycles. The second-order valence-electron chi connectivity index (χ2n) is 7.03. The SMILES string of the molecule is CC(N1CCC(OC2CCNCC2)C1)C(C)(C)C. The molecule has 2 aliphatic rings. The summed E-state index contributed by atoms with van der Waals surface area (Å²) in [7, 11) is 0. The van der Waals surface area contributed by atoms with E-state index in [1.807, 2.05) is 0 Å². The summed E-state index contributed by atoms with van der Waals surface area (Å²) < 4.78 is 6.26. The Morgan fingerprint density at radius 1 is 1.11 bits per heavy atom. The zero-order valence-electron chi connectivity index (χ0n) is 12.5. The summed E-state index contributed by atoms with van der Waals surface area (Å²) in [4.78, 5) is 2.60. The lowest BCUT2D eigenvalue weighted by atomic mass is 9.87. The van der Waals surface area contributed by atoms with Gasteiger partial charge in [0.1, 0.15) is 0 Å². The fourth-order valence-corrected chi connectivity index (χ4v) is 2.97. The number of nitrogens with zero attached hydrogens (tertiary/aromatic N) is 1. The Labute approximate surface area is 112 Å². The fourth-order valence-electron chi connectivity index (χ4n) is 2.97. The molecule has 0 saturated carbocycles. The van der Waals surface area contributed by atoms with Crippen LogP contribution in [0, 0.1) is 5.41 Å². The number of rotatable bonds is 3. The van der Waals surface area contributed by atoms with Crippen LogP contribution in [0.3, 0.4) is 0 Å². The van der Waals surface area contributed by atoms with Gasteiger partial charge in [-0.15, -0.1) is 0 Å². The molecule has 0 spiro atoms. The Morgan fingerprint density at radius 2 is 1.78 bits per heavy atom. The highest BCUT2D eigenvalue weighted by Crippen LogP contribution is 2.28. The molecule has 2 fully saturated rings. The van der Waals surface area contributed by atoms with E-state index in [-0.39, 0.29) is 0 Å². The average Bonchev–Trinajstić information content (AvgIpc) is 2.76. The van der Waals surface area contributed by atoms with Gasteiger partial charge in [-0.3, -0.25) is 4.90 Å². The van der Waals surface area contributed by atoms with Crippen molar-refractivity contribution in [1.29, 1.82) is 0 Å². The molecule has 106 valence electrons. The standard InChI is InChI=1S/C15H30N2O/c1-12(15(2,3)4)17-10-7-14(11-17)18-13-5-8-16-9-6-13/h12-14,16H,5-11H2,1-4H3. The van der Waals surface area contributed by atoms with Gasteiger partial charge in [-0.2, -0.15) is 0 Å². The Hall–Kier alpha value is -0.120. The van der Waals surface area contributed by atoms with Gasteiger partial charge in [-0.1, -0.05) is 20.8 Å². The van der Waals surface area contributed by atoms with E-state index in [9.17, 15) is 0 Å². The summed E-state index contributed by atoms with van der Waals surface area (Å²) in [5, 5.41) is 3.40. The minimum atomic E-state index is 0.365. The Bertz CT molecular complexity index is 256. The number of likely N-dealkylation sites (tertiary alicyclic amines) is 1. The third-order valence-electron chi connectivity index (χ3n) is 4.65. The van der Waals surface area contributed by atoms with Crippen molar-refractivity contribution in [2.75, 3.05) is 26.2 Å². The summed E-state index contributed by atoms with van der Waals surface area (Å²) >= 11 is 0. The normalized spacial score (nSPS) is 29.7. The minimum Gasteiger partial charge on any atom is -0.374 e. The summed E-state index contributed by atoms with van der Waals surface area (Å²) in [6.07, 6.45) is 4.56. The van der Waals surface area contributed by atoms with Gasteiger partial charge >= 0.3 is 0 Å². The first-order valence-corrected chi connectivity index (χ1v) is 7.57. The van der Waals surface area contributed by atoms with Crippen LogP contribution >= 0.6 is 0 Å². The number of piperidine rings is 1. The maximum absolute atomic E-state index is 6.26. The molecule has 0 aromatic rings. The predicted molar refractivity (Wildman–Crippen MR) is 75.9 cm³/mol. The lowest BCUT2D eigenvalue weighted by molar-refractivity contribution is -0.0243. The summed E-state index contributed by atoms with van der Waals surface area (Å²) in [5.41, 5.74) is 0.365. The monoisotopic (exact) mass is 254 g/mol. The summed E-state index contributed by atoms with van der Waals surface area (Å²) in [6.45, 7) is 13.9. The molecule has 0 amide bonds. The van der Waals surface area contributed by atoms with Gasteiger partial charge < -0.3 is 10.1 Å². The third-order valence-corrected chi connectivity index (χ3v) is 4.65. The molecule has 18 heavy (non-hydrogen) atoms. The molecular formula is C15H30N2O. The summed E-state index contributed by atoms with van der Waals surface area (Å²) in [6, 6.07) is 0.638. The Morgan fingerprint density at radius 3 is 2.39 bits per heavy atom. The van der Waals surface area contributed by atoms with Crippen molar-refractivity contribution < 1.29 is 4.74 Å². The van der Waals surface area contributed by atoms with Crippen LogP contribution in [-0.4, -0.2) is 49.3 Å².